The lowest BCUT2D eigenvalue weighted by atomic mass is 9.85. The minimum atomic E-state index is -3.33. The molecule has 4 N–H and O–H groups in total. The van der Waals surface area contributed by atoms with Crippen molar-refractivity contribution >= 4 is 23.9 Å². The van der Waals surface area contributed by atoms with Gasteiger partial charge >= 0.3 is 23.9 Å². The van der Waals surface area contributed by atoms with Crippen LogP contribution in [0, 0.1) is 5.41 Å². The minimum Gasteiger partial charge on any atom is -0.481 e. The predicted octanol–water partition coefficient (Wildman–Crippen LogP) is -1.30. The van der Waals surface area contributed by atoms with Gasteiger partial charge in [-0.3, -0.25) is 19.2 Å². The van der Waals surface area contributed by atoms with Crippen molar-refractivity contribution in [1.82, 2.24) is 0 Å². The van der Waals surface area contributed by atoms with E-state index < -0.39 is 35.7 Å². The molecule has 0 fully saturated rings. The van der Waals surface area contributed by atoms with Gasteiger partial charge in [-0.05, 0) is 0 Å². The normalized spacial score (nSPS) is 10.6. The van der Waals surface area contributed by atoms with E-state index in [0.29, 0.717) is 0 Å². The smallest absolute Gasteiger partial charge is 0.333 e. The second-order valence-corrected chi connectivity index (χ2v) is 2.39. The molecule has 0 aromatic carbocycles. The Balaban J connectivity index is 5.38. The quantitative estimate of drug-likeness (QED) is 0.405. The second kappa shape index (κ2) is 3.73. The molecule has 14 heavy (non-hydrogen) atoms. The molecule has 78 valence electrons. The van der Waals surface area contributed by atoms with Crippen molar-refractivity contribution < 1.29 is 39.6 Å². The molecule has 0 spiro atoms. The minimum absolute atomic E-state index is 1.52. The Hall–Kier alpha value is -2.12. The Morgan fingerprint density at radius 2 is 1.07 bits per heavy atom. The van der Waals surface area contributed by atoms with Crippen molar-refractivity contribution in [2.24, 2.45) is 5.41 Å². The summed E-state index contributed by atoms with van der Waals surface area (Å²) in [4.78, 5) is 41.4. The zero-order valence-corrected chi connectivity index (χ0v) is 6.63. The molecule has 0 aliphatic carbocycles. The summed E-state index contributed by atoms with van der Waals surface area (Å²) < 4.78 is 0. The van der Waals surface area contributed by atoms with Gasteiger partial charge in [0.05, 0.1) is 6.42 Å². The first-order valence-electron chi connectivity index (χ1n) is 3.17. The molecule has 0 unspecified atom stereocenters. The van der Waals surface area contributed by atoms with Crippen molar-refractivity contribution in [3.63, 3.8) is 0 Å². The SMILES string of the molecule is O=C(O)CC(C(=O)O)(C(=O)O)C(=O)O. The molecule has 0 aliphatic heterocycles. The van der Waals surface area contributed by atoms with Crippen LogP contribution in [0.15, 0.2) is 0 Å². The van der Waals surface area contributed by atoms with Crippen molar-refractivity contribution in [1.29, 1.82) is 0 Å². The third kappa shape index (κ3) is 1.79. The van der Waals surface area contributed by atoms with Gasteiger partial charge < -0.3 is 20.4 Å². The van der Waals surface area contributed by atoms with E-state index in [1.165, 1.54) is 0 Å². The molecule has 0 heterocycles. The van der Waals surface area contributed by atoms with Crippen molar-refractivity contribution in [2.45, 2.75) is 6.42 Å². The summed E-state index contributed by atoms with van der Waals surface area (Å²) in [5.74, 6) is -8.49. The summed E-state index contributed by atoms with van der Waals surface area (Å²) in [6.45, 7) is 0. The average molecular weight is 206 g/mol. The number of rotatable bonds is 5. The molecule has 0 aliphatic rings. The van der Waals surface area contributed by atoms with E-state index in [0.717, 1.165) is 0 Å². The number of aliphatic carboxylic acids is 4. The molecule has 8 heteroatoms. The Morgan fingerprint density at radius 3 is 1.14 bits per heavy atom. The molecule has 0 atom stereocenters. The van der Waals surface area contributed by atoms with Crippen molar-refractivity contribution in [3.05, 3.63) is 0 Å². The lowest BCUT2D eigenvalue weighted by molar-refractivity contribution is -0.179. The fraction of sp³-hybridized carbons (Fsp3) is 0.333. The summed E-state index contributed by atoms with van der Waals surface area (Å²) >= 11 is 0. The van der Waals surface area contributed by atoms with Crippen LogP contribution in [-0.2, 0) is 19.2 Å². The van der Waals surface area contributed by atoms with E-state index in [1.54, 1.807) is 0 Å². The summed E-state index contributed by atoms with van der Waals surface area (Å²) in [5.41, 5.74) is -3.33. The lowest BCUT2D eigenvalue weighted by Crippen LogP contribution is -2.47. The Labute approximate surface area is 76.4 Å². The predicted molar refractivity (Wildman–Crippen MR) is 37.6 cm³/mol. The molecule has 0 aromatic rings. The largest absolute Gasteiger partial charge is 0.481 e. The van der Waals surface area contributed by atoms with Gasteiger partial charge in [0.15, 0.2) is 0 Å². The molecule has 0 saturated carbocycles. The highest BCUT2D eigenvalue weighted by molar-refractivity contribution is 6.18. The summed E-state index contributed by atoms with van der Waals surface area (Å²) in [6.07, 6.45) is -1.52. The zero-order valence-electron chi connectivity index (χ0n) is 6.63. The van der Waals surface area contributed by atoms with E-state index in [1.807, 2.05) is 0 Å². The third-order valence-corrected chi connectivity index (χ3v) is 1.51. The van der Waals surface area contributed by atoms with Crippen LogP contribution in [0.1, 0.15) is 6.42 Å². The molecular formula is C6H6O8. The Kier molecular flexibility index (Phi) is 3.16. The van der Waals surface area contributed by atoms with Gasteiger partial charge in [-0.15, -0.1) is 0 Å². The van der Waals surface area contributed by atoms with Gasteiger partial charge in [0.2, 0.25) is 0 Å². The maximum absolute atomic E-state index is 10.4. The number of hydrogen-bond donors (Lipinski definition) is 4. The number of hydrogen-bond acceptors (Lipinski definition) is 4. The Morgan fingerprint density at radius 1 is 0.786 bits per heavy atom. The summed E-state index contributed by atoms with van der Waals surface area (Å²) in [5, 5.41) is 33.4. The third-order valence-electron chi connectivity index (χ3n) is 1.51. The van der Waals surface area contributed by atoms with E-state index in [-0.39, 0.29) is 0 Å². The first-order chi connectivity index (χ1) is 6.25. The fourth-order valence-electron chi connectivity index (χ4n) is 0.728. The first kappa shape index (κ1) is 11.9. The van der Waals surface area contributed by atoms with Crippen LogP contribution >= 0.6 is 0 Å². The fourth-order valence-corrected chi connectivity index (χ4v) is 0.728. The molecule has 0 bridgehead atoms. The van der Waals surface area contributed by atoms with Crippen LogP contribution in [0.25, 0.3) is 0 Å². The van der Waals surface area contributed by atoms with E-state index in [2.05, 4.69) is 0 Å². The van der Waals surface area contributed by atoms with Crippen LogP contribution in [0.3, 0.4) is 0 Å². The lowest BCUT2D eigenvalue weighted by Gasteiger charge is -2.16. The monoisotopic (exact) mass is 206 g/mol. The second-order valence-electron chi connectivity index (χ2n) is 2.39. The molecule has 0 radical (unpaired) electrons. The highest BCUT2D eigenvalue weighted by atomic mass is 16.4. The van der Waals surface area contributed by atoms with Gasteiger partial charge in [0.1, 0.15) is 0 Å². The van der Waals surface area contributed by atoms with E-state index in [9.17, 15) is 19.2 Å². The van der Waals surface area contributed by atoms with Gasteiger partial charge in [-0.25, -0.2) is 0 Å². The van der Waals surface area contributed by atoms with E-state index in [4.69, 9.17) is 20.4 Å². The first-order valence-corrected chi connectivity index (χ1v) is 3.17. The highest BCUT2D eigenvalue weighted by Crippen LogP contribution is 2.23. The summed E-state index contributed by atoms with van der Waals surface area (Å²) in [7, 11) is 0. The van der Waals surface area contributed by atoms with Crippen LogP contribution in [0.2, 0.25) is 0 Å². The molecule has 0 rings (SSSR count). The summed E-state index contributed by atoms with van der Waals surface area (Å²) in [6, 6.07) is 0. The number of carboxylic acid groups (broad SMARTS) is 4. The van der Waals surface area contributed by atoms with E-state index >= 15 is 0 Å². The Bertz CT molecular complexity index is 267. The molecule has 0 amide bonds. The van der Waals surface area contributed by atoms with Crippen LogP contribution in [0.5, 0.6) is 0 Å². The molecule has 0 saturated heterocycles. The molecule has 8 nitrogen and oxygen atoms in total. The maximum atomic E-state index is 10.4. The standard InChI is InChI=1S/C6H6O8/c7-2(8)1-6(3(9)10,4(11)12)5(13)14/h1H2,(H,7,8)(H,9,10)(H,11,12)(H,13,14). The van der Waals surface area contributed by atoms with Gasteiger partial charge in [-0.1, -0.05) is 0 Å². The zero-order chi connectivity index (χ0) is 11.5. The maximum Gasteiger partial charge on any atom is 0.333 e. The van der Waals surface area contributed by atoms with Gasteiger partial charge in [0.25, 0.3) is 5.41 Å². The van der Waals surface area contributed by atoms with Gasteiger partial charge in [-0.2, -0.15) is 0 Å². The average Bonchev–Trinajstić information content (AvgIpc) is 1.97. The highest BCUT2D eigenvalue weighted by Gasteiger charge is 2.56. The van der Waals surface area contributed by atoms with Crippen LogP contribution < -0.4 is 0 Å². The van der Waals surface area contributed by atoms with Crippen LogP contribution in [-0.4, -0.2) is 44.3 Å². The van der Waals surface area contributed by atoms with Crippen LogP contribution in [0.4, 0.5) is 0 Å². The van der Waals surface area contributed by atoms with Gasteiger partial charge in [0, 0.05) is 0 Å². The molecule has 0 aromatic heterocycles. The topological polar surface area (TPSA) is 149 Å². The number of carbonyl (C=O) groups is 4. The van der Waals surface area contributed by atoms with Crippen molar-refractivity contribution in [2.75, 3.05) is 0 Å². The molecular weight excluding hydrogens is 200 g/mol. The number of carboxylic acids is 4. The van der Waals surface area contributed by atoms with Crippen molar-refractivity contribution in [3.8, 4) is 0 Å².